The molecular formula is C15H21N. The van der Waals surface area contributed by atoms with Gasteiger partial charge >= 0.3 is 0 Å². The van der Waals surface area contributed by atoms with Crippen molar-refractivity contribution >= 4 is 10.8 Å². The minimum absolute atomic E-state index is 0.582. The van der Waals surface area contributed by atoms with Crippen LogP contribution in [0.4, 0.5) is 0 Å². The Hall–Kier alpha value is -1.37. The topological polar surface area (TPSA) is 12.9 Å². The number of hydrogen-bond donors (Lipinski definition) is 0. The third-order valence-corrected chi connectivity index (χ3v) is 2.65. The number of pyridine rings is 1. The zero-order chi connectivity index (χ0) is 12.1. The number of aromatic nitrogens is 1. The van der Waals surface area contributed by atoms with Crippen molar-refractivity contribution in [2.75, 3.05) is 0 Å². The van der Waals surface area contributed by atoms with Crippen LogP contribution in [-0.2, 0) is 0 Å². The summed E-state index contributed by atoms with van der Waals surface area (Å²) < 4.78 is 0. The van der Waals surface area contributed by atoms with Crippen molar-refractivity contribution in [3.63, 3.8) is 0 Å². The van der Waals surface area contributed by atoms with Gasteiger partial charge < -0.3 is 0 Å². The van der Waals surface area contributed by atoms with Crippen LogP contribution in [0, 0.1) is 6.92 Å². The van der Waals surface area contributed by atoms with Crippen LogP contribution in [-0.4, -0.2) is 4.98 Å². The van der Waals surface area contributed by atoms with Crippen molar-refractivity contribution in [2.24, 2.45) is 0 Å². The van der Waals surface area contributed by atoms with Crippen LogP contribution in [0.25, 0.3) is 10.8 Å². The average Bonchev–Trinajstić information content (AvgIpc) is 2.31. The maximum atomic E-state index is 4.15. The van der Waals surface area contributed by atoms with Gasteiger partial charge in [0.15, 0.2) is 0 Å². The van der Waals surface area contributed by atoms with Gasteiger partial charge in [0.25, 0.3) is 0 Å². The largest absolute Gasteiger partial charge is 0.264 e. The van der Waals surface area contributed by atoms with Crippen molar-refractivity contribution in [1.29, 1.82) is 0 Å². The summed E-state index contributed by atoms with van der Waals surface area (Å²) in [6.45, 7) is 10.6. The number of rotatable bonds is 1. The molecule has 1 heterocycles. The molecule has 1 heteroatoms. The Morgan fingerprint density at radius 2 is 1.81 bits per heavy atom. The van der Waals surface area contributed by atoms with Crippen molar-refractivity contribution in [1.82, 2.24) is 4.98 Å². The molecule has 0 N–H and O–H groups in total. The summed E-state index contributed by atoms with van der Waals surface area (Å²) in [5, 5.41) is 2.56. The van der Waals surface area contributed by atoms with E-state index in [1.165, 1.54) is 21.9 Å². The van der Waals surface area contributed by atoms with Crippen LogP contribution >= 0.6 is 0 Å². The first kappa shape index (κ1) is 12.7. The van der Waals surface area contributed by atoms with E-state index < -0.39 is 0 Å². The average molecular weight is 215 g/mol. The van der Waals surface area contributed by atoms with Crippen molar-refractivity contribution in [3.8, 4) is 0 Å². The minimum atomic E-state index is 0.582. The highest BCUT2D eigenvalue weighted by molar-refractivity contribution is 5.85. The van der Waals surface area contributed by atoms with Crippen LogP contribution < -0.4 is 0 Å². The second kappa shape index (κ2) is 5.64. The van der Waals surface area contributed by atoms with Crippen LogP contribution in [0.3, 0.4) is 0 Å². The van der Waals surface area contributed by atoms with Crippen LogP contribution in [0.2, 0.25) is 0 Å². The van der Waals surface area contributed by atoms with Gasteiger partial charge in [-0.3, -0.25) is 4.98 Å². The molecule has 1 aromatic heterocycles. The molecule has 0 aliphatic heterocycles. The molecule has 2 rings (SSSR count). The minimum Gasteiger partial charge on any atom is -0.264 e. The first-order chi connectivity index (χ1) is 7.68. The summed E-state index contributed by atoms with van der Waals surface area (Å²) in [4.78, 5) is 4.15. The Kier molecular flexibility index (Phi) is 4.48. The molecule has 86 valence electrons. The first-order valence-corrected chi connectivity index (χ1v) is 6.03. The number of aryl methyl sites for hydroxylation is 1. The van der Waals surface area contributed by atoms with E-state index in [2.05, 4.69) is 44.0 Å². The predicted octanol–water partition coefficient (Wildman–Crippen LogP) is 4.69. The standard InChI is InChI=1S/C13H15N.C2H6/c1-9(2)11-6-10(3)13-4-5-14-8-12(13)7-11;1-2/h4-9H,1-3H3;1-2H3. The van der Waals surface area contributed by atoms with E-state index in [1.54, 1.807) is 0 Å². The molecule has 0 unspecified atom stereocenters. The molecule has 0 saturated carbocycles. The van der Waals surface area contributed by atoms with E-state index in [0.717, 1.165) is 0 Å². The maximum Gasteiger partial charge on any atom is 0.0346 e. The lowest BCUT2D eigenvalue weighted by atomic mass is 9.97. The van der Waals surface area contributed by atoms with E-state index in [4.69, 9.17) is 0 Å². The van der Waals surface area contributed by atoms with Crippen molar-refractivity contribution < 1.29 is 0 Å². The molecule has 2 aromatic rings. The van der Waals surface area contributed by atoms with Crippen molar-refractivity contribution in [3.05, 3.63) is 41.7 Å². The predicted molar refractivity (Wildman–Crippen MR) is 71.9 cm³/mol. The third kappa shape index (κ3) is 2.60. The SMILES string of the molecule is CC.Cc1cc(C(C)C)cc2cnccc12. The molecule has 1 nitrogen and oxygen atoms in total. The van der Waals surface area contributed by atoms with Crippen LogP contribution in [0.15, 0.2) is 30.6 Å². The van der Waals surface area contributed by atoms with E-state index in [9.17, 15) is 0 Å². The van der Waals surface area contributed by atoms with E-state index in [0.29, 0.717) is 5.92 Å². The highest BCUT2D eigenvalue weighted by Gasteiger charge is 2.03. The zero-order valence-corrected chi connectivity index (χ0v) is 10.9. The second-order valence-corrected chi connectivity index (χ2v) is 4.09. The lowest BCUT2D eigenvalue weighted by Gasteiger charge is -2.09. The smallest absolute Gasteiger partial charge is 0.0346 e. The van der Waals surface area contributed by atoms with E-state index in [1.807, 2.05) is 26.2 Å². The van der Waals surface area contributed by atoms with Gasteiger partial charge in [0.2, 0.25) is 0 Å². The van der Waals surface area contributed by atoms with Crippen molar-refractivity contribution in [2.45, 2.75) is 40.5 Å². The molecule has 0 bridgehead atoms. The molecule has 16 heavy (non-hydrogen) atoms. The lowest BCUT2D eigenvalue weighted by Crippen LogP contribution is -1.90. The molecule has 0 aliphatic carbocycles. The summed E-state index contributed by atoms with van der Waals surface area (Å²) in [5.41, 5.74) is 2.73. The van der Waals surface area contributed by atoms with Gasteiger partial charge in [-0.25, -0.2) is 0 Å². The normalized spacial score (nSPS) is 10.1. The lowest BCUT2D eigenvalue weighted by molar-refractivity contribution is 0.867. The summed E-state index contributed by atoms with van der Waals surface area (Å²) in [6, 6.07) is 6.59. The number of fused-ring (bicyclic) bond motifs is 1. The number of nitrogens with zero attached hydrogens (tertiary/aromatic N) is 1. The summed E-state index contributed by atoms with van der Waals surface area (Å²) in [7, 11) is 0. The Morgan fingerprint density at radius 1 is 1.12 bits per heavy atom. The van der Waals surface area contributed by atoms with Crippen LogP contribution in [0.1, 0.15) is 44.7 Å². The molecule has 0 saturated heterocycles. The second-order valence-electron chi connectivity index (χ2n) is 4.09. The molecular weight excluding hydrogens is 194 g/mol. The first-order valence-electron chi connectivity index (χ1n) is 6.03. The quantitative estimate of drug-likeness (QED) is 0.672. The fraction of sp³-hybridized carbons (Fsp3) is 0.400. The van der Waals surface area contributed by atoms with Gasteiger partial charge in [0.05, 0.1) is 0 Å². The molecule has 0 fully saturated rings. The number of hydrogen-bond acceptors (Lipinski definition) is 1. The summed E-state index contributed by atoms with van der Waals surface area (Å²) in [5.74, 6) is 0.582. The molecule has 0 radical (unpaired) electrons. The van der Waals surface area contributed by atoms with Gasteiger partial charge in [0.1, 0.15) is 0 Å². The zero-order valence-electron chi connectivity index (χ0n) is 10.9. The summed E-state index contributed by atoms with van der Waals surface area (Å²) in [6.07, 6.45) is 3.79. The summed E-state index contributed by atoms with van der Waals surface area (Å²) >= 11 is 0. The monoisotopic (exact) mass is 215 g/mol. The molecule has 0 amide bonds. The molecule has 0 atom stereocenters. The highest BCUT2D eigenvalue weighted by atomic mass is 14.6. The van der Waals surface area contributed by atoms with Gasteiger partial charge in [-0.05, 0) is 41.5 Å². The highest BCUT2D eigenvalue weighted by Crippen LogP contribution is 2.23. The molecule has 0 spiro atoms. The van der Waals surface area contributed by atoms with E-state index in [-0.39, 0.29) is 0 Å². The fourth-order valence-corrected chi connectivity index (χ4v) is 1.76. The van der Waals surface area contributed by atoms with Crippen LogP contribution in [0.5, 0.6) is 0 Å². The fourth-order valence-electron chi connectivity index (χ4n) is 1.76. The third-order valence-electron chi connectivity index (χ3n) is 2.65. The molecule has 1 aromatic carbocycles. The Bertz CT molecular complexity index is 458. The van der Waals surface area contributed by atoms with Gasteiger partial charge in [-0.15, -0.1) is 0 Å². The van der Waals surface area contributed by atoms with Gasteiger partial charge in [0, 0.05) is 17.8 Å². The Labute approximate surface area is 98.5 Å². The van der Waals surface area contributed by atoms with E-state index >= 15 is 0 Å². The Balaban J connectivity index is 0.000000606. The number of benzene rings is 1. The maximum absolute atomic E-state index is 4.15. The van der Waals surface area contributed by atoms with Gasteiger partial charge in [-0.2, -0.15) is 0 Å². The van der Waals surface area contributed by atoms with Gasteiger partial charge in [-0.1, -0.05) is 33.8 Å². The molecule has 0 aliphatic rings. The Morgan fingerprint density at radius 3 is 2.44 bits per heavy atom.